The molecule has 138 valence electrons. The highest BCUT2D eigenvalue weighted by atomic mass is 32.1. The molecule has 0 radical (unpaired) electrons. The highest BCUT2D eigenvalue weighted by Gasteiger charge is 2.18. The summed E-state index contributed by atoms with van der Waals surface area (Å²) < 4.78 is 19.9. The number of para-hydroxylation sites is 1. The zero-order chi connectivity index (χ0) is 19.6. The first-order valence-electron chi connectivity index (χ1n) is 7.76. The van der Waals surface area contributed by atoms with Crippen molar-refractivity contribution in [2.75, 3.05) is 12.4 Å². The first-order chi connectivity index (χ1) is 12.9. The molecule has 0 bridgehead atoms. The summed E-state index contributed by atoms with van der Waals surface area (Å²) in [6.07, 6.45) is 0. The fourth-order valence-corrected chi connectivity index (χ4v) is 3.18. The number of nitrogens with zero attached hydrogens (tertiary/aromatic N) is 2. The van der Waals surface area contributed by atoms with Crippen LogP contribution in [0.2, 0.25) is 0 Å². The largest absolute Gasteiger partial charge is 0.465 e. The van der Waals surface area contributed by atoms with Crippen LogP contribution in [0.4, 0.5) is 9.39 Å². The molecule has 0 aliphatic rings. The van der Waals surface area contributed by atoms with E-state index in [2.05, 4.69) is 15.2 Å². The predicted octanol–water partition coefficient (Wildman–Crippen LogP) is 2.78. The summed E-state index contributed by atoms with van der Waals surface area (Å²) in [6, 6.07) is 10.1. The average molecular weight is 387 g/mol. The lowest BCUT2D eigenvalue weighted by atomic mass is 10.2. The molecule has 0 atom stereocenters. The van der Waals surface area contributed by atoms with Crippen LogP contribution in [0.15, 0.2) is 47.3 Å². The molecule has 0 spiro atoms. The summed E-state index contributed by atoms with van der Waals surface area (Å²) in [7, 11) is 1.25. The molecule has 1 N–H and O–H groups in total. The Balaban J connectivity index is 1.94. The second kappa shape index (κ2) is 7.50. The van der Waals surface area contributed by atoms with Gasteiger partial charge in [-0.05, 0) is 31.2 Å². The maximum Gasteiger partial charge on any atom is 0.348 e. The van der Waals surface area contributed by atoms with Gasteiger partial charge in [-0.3, -0.25) is 9.59 Å². The number of anilines is 1. The standard InChI is InChI=1S/C18H14FN3O4S/c1-10-9-13(23)16(21-22(10)12-6-4-3-5-11(12)19)17(24)20-15-8-7-14(27-15)18(25)26-2/h3-9H,1-2H3,(H,20,24). The highest BCUT2D eigenvalue weighted by molar-refractivity contribution is 7.18. The van der Waals surface area contributed by atoms with Crippen LogP contribution >= 0.6 is 11.3 Å². The SMILES string of the molecule is COC(=O)c1ccc(NC(=O)c2nn(-c3ccccc3F)c(C)cc2=O)s1. The summed E-state index contributed by atoms with van der Waals surface area (Å²) in [6.45, 7) is 1.59. The lowest BCUT2D eigenvalue weighted by Crippen LogP contribution is -2.26. The minimum Gasteiger partial charge on any atom is -0.465 e. The van der Waals surface area contributed by atoms with Crippen molar-refractivity contribution in [2.45, 2.75) is 6.92 Å². The Kier molecular flexibility index (Phi) is 5.13. The van der Waals surface area contributed by atoms with Crippen LogP contribution in [0, 0.1) is 12.7 Å². The van der Waals surface area contributed by atoms with Crippen molar-refractivity contribution in [1.29, 1.82) is 0 Å². The van der Waals surface area contributed by atoms with Gasteiger partial charge in [-0.2, -0.15) is 5.10 Å². The van der Waals surface area contributed by atoms with Gasteiger partial charge in [0.25, 0.3) is 5.91 Å². The summed E-state index contributed by atoms with van der Waals surface area (Å²) in [5, 5.41) is 6.88. The van der Waals surface area contributed by atoms with E-state index in [4.69, 9.17) is 0 Å². The van der Waals surface area contributed by atoms with E-state index < -0.39 is 28.8 Å². The Morgan fingerprint density at radius 3 is 2.67 bits per heavy atom. The molecule has 0 saturated carbocycles. The molecule has 1 aromatic carbocycles. The van der Waals surface area contributed by atoms with Crippen LogP contribution in [-0.4, -0.2) is 28.8 Å². The van der Waals surface area contributed by atoms with Crippen molar-refractivity contribution in [3.8, 4) is 5.69 Å². The van der Waals surface area contributed by atoms with E-state index in [0.29, 0.717) is 15.6 Å². The minimum atomic E-state index is -0.761. The van der Waals surface area contributed by atoms with Crippen LogP contribution in [0.25, 0.3) is 5.69 Å². The molecule has 0 aliphatic heterocycles. The number of esters is 1. The zero-order valence-corrected chi connectivity index (χ0v) is 15.2. The number of carbonyl (C=O) groups is 2. The van der Waals surface area contributed by atoms with E-state index >= 15 is 0 Å². The highest BCUT2D eigenvalue weighted by Crippen LogP contribution is 2.23. The smallest absolute Gasteiger partial charge is 0.348 e. The van der Waals surface area contributed by atoms with Gasteiger partial charge in [0.1, 0.15) is 16.4 Å². The first-order valence-corrected chi connectivity index (χ1v) is 8.57. The molecule has 2 heterocycles. The number of methoxy groups -OCH3 is 1. The molecular weight excluding hydrogens is 373 g/mol. The molecule has 9 heteroatoms. The number of carbonyl (C=O) groups excluding carboxylic acids is 2. The molecule has 7 nitrogen and oxygen atoms in total. The number of aromatic nitrogens is 2. The Morgan fingerprint density at radius 1 is 1.22 bits per heavy atom. The molecule has 3 aromatic rings. The van der Waals surface area contributed by atoms with Gasteiger partial charge in [-0.25, -0.2) is 13.9 Å². The van der Waals surface area contributed by atoms with Gasteiger partial charge in [0.15, 0.2) is 5.69 Å². The topological polar surface area (TPSA) is 90.3 Å². The normalized spacial score (nSPS) is 10.5. The number of hydrogen-bond acceptors (Lipinski definition) is 6. The van der Waals surface area contributed by atoms with Crippen molar-refractivity contribution in [1.82, 2.24) is 9.78 Å². The van der Waals surface area contributed by atoms with Crippen molar-refractivity contribution in [3.05, 3.63) is 74.8 Å². The number of amides is 1. The molecule has 0 fully saturated rings. The van der Waals surface area contributed by atoms with Gasteiger partial charge >= 0.3 is 5.97 Å². The number of rotatable bonds is 4. The van der Waals surface area contributed by atoms with E-state index in [0.717, 1.165) is 11.3 Å². The second-order valence-electron chi connectivity index (χ2n) is 5.47. The third kappa shape index (κ3) is 3.77. The second-order valence-corrected chi connectivity index (χ2v) is 6.56. The van der Waals surface area contributed by atoms with Crippen molar-refractivity contribution < 1.29 is 18.7 Å². The monoisotopic (exact) mass is 387 g/mol. The molecular formula is C18H14FN3O4S. The van der Waals surface area contributed by atoms with Crippen LogP contribution in [-0.2, 0) is 4.74 Å². The quantitative estimate of drug-likeness (QED) is 0.695. The Bertz CT molecular complexity index is 1090. The molecule has 0 unspecified atom stereocenters. The summed E-state index contributed by atoms with van der Waals surface area (Å²) in [4.78, 5) is 36.5. The molecule has 3 rings (SSSR count). The first kappa shape index (κ1) is 18.5. The molecule has 0 aliphatic carbocycles. The van der Waals surface area contributed by atoms with Gasteiger partial charge in [0.05, 0.1) is 12.1 Å². The lowest BCUT2D eigenvalue weighted by molar-refractivity contribution is 0.0606. The van der Waals surface area contributed by atoms with Crippen LogP contribution in [0.3, 0.4) is 0 Å². The minimum absolute atomic E-state index is 0.119. The van der Waals surface area contributed by atoms with Gasteiger partial charge in [-0.1, -0.05) is 12.1 Å². The van der Waals surface area contributed by atoms with Gasteiger partial charge in [-0.15, -0.1) is 11.3 Å². The van der Waals surface area contributed by atoms with E-state index in [1.165, 1.54) is 48.2 Å². The molecule has 27 heavy (non-hydrogen) atoms. The maximum absolute atomic E-state index is 14.1. The lowest BCUT2D eigenvalue weighted by Gasteiger charge is -2.11. The predicted molar refractivity (Wildman–Crippen MR) is 98.1 cm³/mol. The number of halogens is 1. The Morgan fingerprint density at radius 2 is 1.96 bits per heavy atom. The van der Waals surface area contributed by atoms with E-state index in [1.807, 2.05) is 0 Å². The van der Waals surface area contributed by atoms with E-state index in [1.54, 1.807) is 13.0 Å². The van der Waals surface area contributed by atoms with Crippen molar-refractivity contribution in [2.24, 2.45) is 0 Å². The average Bonchev–Trinajstić information content (AvgIpc) is 3.10. The number of nitrogens with one attached hydrogen (secondary N) is 1. The molecule has 1 amide bonds. The molecule has 2 aromatic heterocycles. The fraction of sp³-hybridized carbons (Fsp3) is 0.111. The van der Waals surface area contributed by atoms with Crippen molar-refractivity contribution in [3.63, 3.8) is 0 Å². The number of benzene rings is 1. The Labute approximate surface area is 157 Å². The van der Waals surface area contributed by atoms with Gasteiger partial charge < -0.3 is 10.1 Å². The fourth-order valence-electron chi connectivity index (χ4n) is 2.36. The van der Waals surface area contributed by atoms with Crippen molar-refractivity contribution >= 4 is 28.2 Å². The summed E-state index contributed by atoms with van der Waals surface area (Å²) >= 11 is 0.997. The van der Waals surface area contributed by atoms with Crippen LogP contribution in [0.1, 0.15) is 25.9 Å². The summed E-state index contributed by atoms with van der Waals surface area (Å²) in [5.74, 6) is -1.83. The number of hydrogen-bond donors (Lipinski definition) is 1. The molecule has 0 saturated heterocycles. The van der Waals surface area contributed by atoms with Gasteiger partial charge in [0, 0.05) is 11.8 Å². The zero-order valence-electron chi connectivity index (χ0n) is 14.4. The summed E-state index contributed by atoms with van der Waals surface area (Å²) in [5.41, 5.74) is -0.488. The number of ether oxygens (including phenoxy) is 1. The third-order valence-electron chi connectivity index (χ3n) is 3.63. The van der Waals surface area contributed by atoms with E-state index in [-0.39, 0.29) is 5.69 Å². The maximum atomic E-state index is 14.1. The third-order valence-corrected chi connectivity index (χ3v) is 4.61. The van der Waals surface area contributed by atoms with Crippen LogP contribution in [0.5, 0.6) is 0 Å². The van der Waals surface area contributed by atoms with Gasteiger partial charge in [0.2, 0.25) is 5.43 Å². The van der Waals surface area contributed by atoms with E-state index in [9.17, 15) is 18.8 Å². The number of thiophene rings is 1. The van der Waals surface area contributed by atoms with Crippen LogP contribution < -0.4 is 10.7 Å². The Hall–Kier alpha value is -3.33. The number of aryl methyl sites for hydroxylation is 1.